The Hall–Kier alpha value is -2.44. The van der Waals surface area contributed by atoms with E-state index in [4.69, 9.17) is 0 Å². The van der Waals surface area contributed by atoms with E-state index in [1.165, 1.54) is 15.9 Å². The maximum absolute atomic E-state index is 14.1. The number of halogens is 1. The first-order valence-corrected chi connectivity index (χ1v) is 7.57. The van der Waals surface area contributed by atoms with Gasteiger partial charge < -0.3 is 15.1 Å². The van der Waals surface area contributed by atoms with Crippen LogP contribution in [0.3, 0.4) is 0 Å². The van der Waals surface area contributed by atoms with Gasteiger partial charge in [-0.05, 0) is 24.6 Å². The molecule has 7 heteroatoms. The minimum absolute atomic E-state index is 0.0163. The number of benzene rings is 1. The second kappa shape index (κ2) is 5.98. The molecule has 1 unspecified atom stereocenters. The Labute approximate surface area is 133 Å². The van der Waals surface area contributed by atoms with Crippen LogP contribution in [0.1, 0.15) is 12.0 Å². The topological polar surface area (TPSA) is 69.7 Å². The van der Waals surface area contributed by atoms with Crippen LogP contribution >= 0.6 is 0 Å². The van der Waals surface area contributed by atoms with E-state index < -0.39 is 11.7 Å². The number of anilines is 1. The number of carbonyl (C=O) groups excluding carboxylic acids is 3. The van der Waals surface area contributed by atoms with Gasteiger partial charge in [-0.15, -0.1) is 0 Å². The van der Waals surface area contributed by atoms with Crippen molar-refractivity contribution in [2.24, 2.45) is 5.92 Å². The van der Waals surface area contributed by atoms with Gasteiger partial charge in [0.25, 0.3) is 0 Å². The molecule has 0 saturated carbocycles. The standard InChI is InChI=1S/C16H18FN3O3/c1-10-2-3-13(12(17)6-10)20-8-11(7-15(20)22)16(23)19-5-4-18-14(21)9-19/h2-3,6,11H,4-5,7-9H2,1H3,(H,18,21). The number of nitrogens with zero attached hydrogens (tertiary/aromatic N) is 2. The Morgan fingerprint density at radius 2 is 2.13 bits per heavy atom. The van der Waals surface area contributed by atoms with Gasteiger partial charge in [-0.25, -0.2) is 4.39 Å². The van der Waals surface area contributed by atoms with Crippen molar-refractivity contribution in [1.82, 2.24) is 10.2 Å². The maximum Gasteiger partial charge on any atom is 0.239 e. The third kappa shape index (κ3) is 3.04. The third-order valence-corrected chi connectivity index (χ3v) is 4.22. The lowest BCUT2D eigenvalue weighted by Crippen LogP contribution is -2.51. The van der Waals surface area contributed by atoms with Gasteiger partial charge in [-0.2, -0.15) is 0 Å². The third-order valence-electron chi connectivity index (χ3n) is 4.22. The van der Waals surface area contributed by atoms with Crippen LogP contribution in [0.25, 0.3) is 0 Å². The minimum Gasteiger partial charge on any atom is -0.353 e. The highest BCUT2D eigenvalue weighted by Gasteiger charge is 2.38. The summed E-state index contributed by atoms with van der Waals surface area (Å²) in [5.74, 6) is -1.69. The summed E-state index contributed by atoms with van der Waals surface area (Å²) < 4.78 is 14.1. The lowest BCUT2D eigenvalue weighted by molar-refractivity contribution is -0.141. The molecule has 2 heterocycles. The molecule has 2 fully saturated rings. The van der Waals surface area contributed by atoms with Crippen LogP contribution in [-0.2, 0) is 14.4 Å². The van der Waals surface area contributed by atoms with Crippen molar-refractivity contribution in [2.45, 2.75) is 13.3 Å². The molecular weight excluding hydrogens is 301 g/mol. The van der Waals surface area contributed by atoms with E-state index in [9.17, 15) is 18.8 Å². The fourth-order valence-electron chi connectivity index (χ4n) is 3.02. The van der Waals surface area contributed by atoms with Crippen LogP contribution in [0.5, 0.6) is 0 Å². The molecule has 0 radical (unpaired) electrons. The van der Waals surface area contributed by atoms with Crippen molar-refractivity contribution in [3.05, 3.63) is 29.6 Å². The highest BCUT2D eigenvalue weighted by molar-refractivity contribution is 6.01. The molecule has 2 saturated heterocycles. The average Bonchev–Trinajstić information content (AvgIpc) is 2.88. The van der Waals surface area contributed by atoms with Crippen LogP contribution in [-0.4, -0.2) is 48.8 Å². The molecule has 0 spiro atoms. The smallest absolute Gasteiger partial charge is 0.239 e. The second-order valence-electron chi connectivity index (χ2n) is 5.97. The van der Waals surface area contributed by atoms with E-state index in [1.807, 2.05) is 0 Å². The number of nitrogens with one attached hydrogen (secondary N) is 1. The Balaban J connectivity index is 1.74. The van der Waals surface area contributed by atoms with Crippen LogP contribution in [0, 0.1) is 18.7 Å². The fourth-order valence-corrected chi connectivity index (χ4v) is 3.02. The van der Waals surface area contributed by atoms with Crippen molar-refractivity contribution in [3.8, 4) is 0 Å². The van der Waals surface area contributed by atoms with Crippen molar-refractivity contribution in [3.63, 3.8) is 0 Å². The predicted octanol–water partition coefficient (Wildman–Crippen LogP) is 0.445. The molecule has 1 aromatic carbocycles. The summed E-state index contributed by atoms with van der Waals surface area (Å²) in [5.41, 5.74) is 0.970. The number of piperazine rings is 1. The molecule has 0 aromatic heterocycles. The summed E-state index contributed by atoms with van der Waals surface area (Å²) >= 11 is 0. The average molecular weight is 319 g/mol. The normalized spacial score (nSPS) is 21.6. The number of hydrogen-bond donors (Lipinski definition) is 1. The predicted molar refractivity (Wildman–Crippen MR) is 81.2 cm³/mol. The number of aryl methyl sites for hydroxylation is 1. The first kappa shape index (κ1) is 15.5. The Kier molecular flexibility index (Phi) is 4.02. The van der Waals surface area contributed by atoms with Crippen LogP contribution < -0.4 is 10.2 Å². The zero-order valence-electron chi connectivity index (χ0n) is 12.8. The van der Waals surface area contributed by atoms with Gasteiger partial charge in [0.1, 0.15) is 5.82 Å². The SMILES string of the molecule is Cc1ccc(N2CC(C(=O)N3CCNC(=O)C3)CC2=O)c(F)c1. The zero-order valence-corrected chi connectivity index (χ0v) is 12.8. The minimum atomic E-state index is -0.533. The van der Waals surface area contributed by atoms with Crippen LogP contribution in [0.4, 0.5) is 10.1 Å². The molecule has 3 amide bonds. The van der Waals surface area contributed by atoms with Gasteiger partial charge >= 0.3 is 0 Å². The molecule has 1 N–H and O–H groups in total. The first-order valence-electron chi connectivity index (χ1n) is 7.57. The molecule has 1 aromatic rings. The van der Waals surface area contributed by atoms with Crippen molar-refractivity contribution in [2.75, 3.05) is 31.1 Å². The van der Waals surface area contributed by atoms with Gasteiger partial charge in [0.05, 0.1) is 18.2 Å². The Bertz CT molecular complexity index is 677. The summed E-state index contributed by atoms with van der Waals surface area (Å²) in [6, 6.07) is 4.66. The van der Waals surface area contributed by atoms with Crippen molar-refractivity contribution >= 4 is 23.4 Å². The van der Waals surface area contributed by atoms with E-state index >= 15 is 0 Å². The lowest BCUT2D eigenvalue weighted by Gasteiger charge is -2.28. The maximum atomic E-state index is 14.1. The van der Waals surface area contributed by atoms with Crippen molar-refractivity contribution < 1.29 is 18.8 Å². The molecule has 122 valence electrons. The van der Waals surface area contributed by atoms with Crippen LogP contribution in [0.15, 0.2) is 18.2 Å². The first-order chi connectivity index (χ1) is 11.0. The van der Waals surface area contributed by atoms with Gasteiger partial charge in [0.15, 0.2) is 0 Å². The highest BCUT2D eigenvalue weighted by Crippen LogP contribution is 2.29. The summed E-state index contributed by atoms with van der Waals surface area (Å²) in [7, 11) is 0. The van der Waals surface area contributed by atoms with E-state index in [0.717, 1.165) is 5.56 Å². The molecule has 6 nitrogen and oxygen atoms in total. The monoisotopic (exact) mass is 319 g/mol. The molecule has 2 aliphatic heterocycles. The van der Waals surface area contributed by atoms with Crippen LogP contribution in [0.2, 0.25) is 0 Å². The highest BCUT2D eigenvalue weighted by atomic mass is 19.1. The second-order valence-corrected chi connectivity index (χ2v) is 5.97. The number of carbonyl (C=O) groups is 3. The van der Waals surface area contributed by atoms with E-state index in [-0.39, 0.29) is 42.9 Å². The number of rotatable bonds is 2. The number of amides is 3. The Morgan fingerprint density at radius 1 is 1.35 bits per heavy atom. The molecule has 23 heavy (non-hydrogen) atoms. The zero-order chi connectivity index (χ0) is 16.6. The molecule has 1 atom stereocenters. The number of hydrogen-bond acceptors (Lipinski definition) is 3. The van der Waals surface area contributed by atoms with E-state index in [1.54, 1.807) is 19.1 Å². The fraction of sp³-hybridized carbons (Fsp3) is 0.438. The largest absolute Gasteiger partial charge is 0.353 e. The molecule has 0 aliphatic carbocycles. The molecule has 2 aliphatic rings. The van der Waals surface area contributed by atoms with E-state index in [2.05, 4.69) is 5.32 Å². The summed E-state index contributed by atoms with van der Waals surface area (Å²) in [6.07, 6.45) is 0.0459. The van der Waals surface area contributed by atoms with Gasteiger partial charge in [0.2, 0.25) is 17.7 Å². The molecule has 0 bridgehead atoms. The summed E-state index contributed by atoms with van der Waals surface area (Å²) in [6.45, 7) is 2.79. The van der Waals surface area contributed by atoms with E-state index in [0.29, 0.717) is 13.1 Å². The van der Waals surface area contributed by atoms with Gasteiger partial charge in [-0.1, -0.05) is 6.07 Å². The lowest BCUT2D eigenvalue weighted by atomic mass is 10.1. The van der Waals surface area contributed by atoms with Gasteiger partial charge in [-0.3, -0.25) is 14.4 Å². The summed E-state index contributed by atoms with van der Waals surface area (Å²) in [4.78, 5) is 38.8. The Morgan fingerprint density at radius 3 is 2.83 bits per heavy atom. The summed E-state index contributed by atoms with van der Waals surface area (Å²) in [5, 5.41) is 2.65. The van der Waals surface area contributed by atoms with Gasteiger partial charge in [0, 0.05) is 26.1 Å². The molecule has 3 rings (SSSR count). The molecular formula is C16H18FN3O3. The van der Waals surface area contributed by atoms with Crippen molar-refractivity contribution in [1.29, 1.82) is 0 Å². The quantitative estimate of drug-likeness (QED) is 0.860.